The van der Waals surface area contributed by atoms with E-state index in [1.54, 1.807) is 0 Å². The molecule has 1 saturated heterocycles. The number of ether oxygens (including phenoxy) is 1. The molecule has 2 heterocycles. The molecule has 4 nitrogen and oxygen atoms in total. The van der Waals surface area contributed by atoms with Crippen molar-refractivity contribution in [2.45, 2.75) is 45.3 Å². The van der Waals surface area contributed by atoms with Crippen molar-refractivity contribution in [3.63, 3.8) is 0 Å². The Morgan fingerprint density at radius 1 is 1.61 bits per heavy atom. The van der Waals surface area contributed by atoms with Gasteiger partial charge in [0.15, 0.2) is 0 Å². The molecule has 0 radical (unpaired) electrons. The second-order valence-electron chi connectivity index (χ2n) is 5.25. The standard InChI is InChI=1S/C14H25N3O/c1-4-15-14(13-7-8-18-11(13)2)6-5-12-9-16-17(3)10-12/h9-11,13-15H,4-8H2,1-3H3. The number of nitrogens with one attached hydrogen (secondary N) is 1. The van der Waals surface area contributed by atoms with Crippen LogP contribution >= 0.6 is 0 Å². The quantitative estimate of drug-likeness (QED) is 0.837. The Morgan fingerprint density at radius 2 is 2.44 bits per heavy atom. The molecular weight excluding hydrogens is 226 g/mol. The first-order chi connectivity index (χ1) is 8.70. The van der Waals surface area contributed by atoms with E-state index in [9.17, 15) is 0 Å². The molecule has 3 unspecified atom stereocenters. The van der Waals surface area contributed by atoms with Crippen LogP contribution in [0.1, 0.15) is 32.3 Å². The Morgan fingerprint density at radius 3 is 3.00 bits per heavy atom. The number of aryl methyl sites for hydroxylation is 2. The molecule has 4 heteroatoms. The third kappa shape index (κ3) is 3.33. The van der Waals surface area contributed by atoms with Gasteiger partial charge in [0.05, 0.1) is 12.3 Å². The average molecular weight is 251 g/mol. The van der Waals surface area contributed by atoms with Crippen LogP contribution < -0.4 is 5.32 Å². The van der Waals surface area contributed by atoms with Crippen LogP contribution in [0.2, 0.25) is 0 Å². The predicted octanol–water partition coefficient (Wildman–Crippen LogP) is 1.76. The second kappa shape index (κ2) is 6.34. The zero-order valence-electron chi connectivity index (χ0n) is 11.7. The first-order valence-corrected chi connectivity index (χ1v) is 7.03. The Kier molecular flexibility index (Phi) is 4.78. The summed E-state index contributed by atoms with van der Waals surface area (Å²) < 4.78 is 7.57. The summed E-state index contributed by atoms with van der Waals surface area (Å²) in [5, 5.41) is 7.85. The number of aromatic nitrogens is 2. The van der Waals surface area contributed by atoms with Gasteiger partial charge >= 0.3 is 0 Å². The van der Waals surface area contributed by atoms with Gasteiger partial charge in [0.25, 0.3) is 0 Å². The summed E-state index contributed by atoms with van der Waals surface area (Å²) in [5.41, 5.74) is 1.33. The summed E-state index contributed by atoms with van der Waals surface area (Å²) in [6, 6.07) is 0.563. The molecule has 1 aliphatic heterocycles. The summed E-state index contributed by atoms with van der Waals surface area (Å²) in [7, 11) is 1.97. The minimum atomic E-state index is 0.392. The van der Waals surface area contributed by atoms with E-state index in [0.717, 1.165) is 26.0 Å². The molecule has 0 aliphatic carbocycles. The van der Waals surface area contributed by atoms with E-state index in [1.807, 2.05) is 17.9 Å². The summed E-state index contributed by atoms with van der Waals surface area (Å²) in [6.07, 6.45) is 7.91. The van der Waals surface area contributed by atoms with Gasteiger partial charge in [-0.05, 0) is 38.3 Å². The number of hydrogen-bond donors (Lipinski definition) is 1. The van der Waals surface area contributed by atoms with Crippen LogP contribution in [0.25, 0.3) is 0 Å². The third-order valence-corrected chi connectivity index (χ3v) is 3.92. The Balaban J connectivity index is 1.89. The molecule has 18 heavy (non-hydrogen) atoms. The molecule has 0 spiro atoms. The van der Waals surface area contributed by atoms with Crippen molar-refractivity contribution in [1.29, 1.82) is 0 Å². The third-order valence-electron chi connectivity index (χ3n) is 3.92. The molecule has 1 aromatic rings. The van der Waals surface area contributed by atoms with Gasteiger partial charge in [-0.15, -0.1) is 0 Å². The van der Waals surface area contributed by atoms with Crippen LogP contribution in [0.15, 0.2) is 12.4 Å². The maximum Gasteiger partial charge on any atom is 0.0590 e. The highest BCUT2D eigenvalue weighted by Gasteiger charge is 2.31. The lowest BCUT2D eigenvalue weighted by molar-refractivity contribution is 0.0945. The van der Waals surface area contributed by atoms with E-state index in [2.05, 4.69) is 30.5 Å². The minimum absolute atomic E-state index is 0.392. The van der Waals surface area contributed by atoms with E-state index in [1.165, 1.54) is 12.0 Å². The lowest BCUT2D eigenvalue weighted by atomic mass is 9.89. The molecule has 3 atom stereocenters. The van der Waals surface area contributed by atoms with Gasteiger partial charge in [0.2, 0.25) is 0 Å². The molecule has 0 bridgehead atoms. The van der Waals surface area contributed by atoms with Crippen molar-refractivity contribution in [1.82, 2.24) is 15.1 Å². The van der Waals surface area contributed by atoms with Gasteiger partial charge in [-0.2, -0.15) is 5.10 Å². The Bertz CT molecular complexity index is 364. The fourth-order valence-corrected chi connectivity index (χ4v) is 2.93. The van der Waals surface area contributed by atoms with Crippen LogP contribution in [0, 0.1) is 5.92 Å². The molecule has 1 aliphatic rings. The van der Waals surface area contributed by atoms with Gasteiger partial charge in [-0.25, -0.2) is 0 Å². The Labute approximate surface area is 110 Å². The van der Waals surface area contributed by atoms with Crippen LogP contribution in [0.4, 0.5) is 0 Å². The van der Waals surface area contributed by atoms with Crippen molar-refractivity contribution < 1.29 is 4.74 Å². The van der Waals surface area contributed by atoms with E-state index in [4.69, 9.17) is 4.74 Å². The maximum absolute atomic E-state index is 5.69. The number of hydrogen-bond acceptors (Lipinski definition) is 3. The topological polar surface area (TPSA) is 39.1 Å². The zero-order chi connectivity index (χ0) is 13.0. The smallest absolute Gasteiger partial charge is 0.0590 e. The SMILES string of the molecule is CCNC(CCc1cnn(C)c1)C1CCOC1C. The first kappa shape index (κ1) is 13.6. The molecule has 2 rings (SSSR count). The van der Waals surface area contributed by atoms with Gasteiger partial charge < -0.3 is 10.1 Å². The molecule has 1 aromatic heterocycles. The van der Waals surface area contributed by atoms with Crippen molar-refractivity contribution >= 4 is 0 Å². The summed E-state index contributed by atoms with van der Waals surface area (Å²) in [6.45, 7) is 6.32. The van der Waals surface area contributed by atoms with E-state index < -0.39 is 0 Å². The molecule has 0 aromatic carbocycles. The highest BCUT2D eigenvalue weighted by atomic mass is 16.5. The second-order valence-corrected chi connectivity index (χ2v) is 5.25. The first-order valence-electron chi connectivity index (χ1n) is 7.03. The van der Waals surface area contributed by atoms with E-state index in [-0.39, 0.29) is 0 Å². The van der Waals surface area contributed by atoms with Crippen molar-refractivity contribution in [3.8, 4) is 0 Å². The fraction of sp³-hybridized carbons (Fsp3) is 0.786. The van der Waals surface area contributed by atoms with Crippen molar-refractivity contribution in [3.05, 3.63) is 18.0 Å². The number of rotatable bonds is 6. The van der Waals surface area contributed by atoms with Gasteiger partial charge in [0, 0.05) is 31.8 Å². The lowest BCUT2D eigenvalue weighted by Gasteiger charge is -2.26. The summed E-state index contributed by atoms with van der Waals surface area (Å²) in [5.74, 6) is 0.654. The Hall–Kier alpha value is -0.870. The van der Waals surface area contributed by atoms with Crippen LogP contribution in [0.3, 0.4) is 0 Å². The van der Waals surface area contributed by atoms with E-state index >= 15 is 0 Å². The average Bonchev–Trinajstić information content (AvgIpc) is 2.94. The van der Waals surface area contributed by atoms with Crippen LogP contribution in [0.5, 0.6) is 0 Å². The van der Waals surface area contributed by atoms with E-state index in [0.29, 0.717) is 18.1 Å². The largest absolute Gasteiger partial charge is 0.378 e. The molecule has 0 saturated carbocycles. The predicted molar refractivity (Wildman–Crippen MR) is 72.5 cm³/mol. The normalized spacial score (nSPS) is 25.5. The van der Waals surface area contributed by atoms with Crippen molar-refractivity contribution in [2.75, 3.05) is 13.2 Å². The van der Waals surface area contributed by atoms with Crippen molar-refractivity contribution in [2.24, 2.45) is 13.0 Å². The number of nitrogens with zero attached hydrogens (tertiary/aromatic N) is 2. The summed E-state index contributed by atoms with van der Waals surface area (Å²) in [4.78, 5) is 0. The van der Waals surface area contributed by atoms with Gasteiger partial charge in [-0.1, -0.05) is 6.92 Å². The zero-order valence-corrected chi connectivity index (χ0v) is 11.7. The van der Waals surface area contributed by atoms with Crippen LogP contribution in [-0.2, 0) is 18.2 Å². The molecular formula is C14H25N3O. The minimum Gasteiger partial charge on any atom is -0.378 e. The van der Waals surface area contributed by atoms with Crippen LogP contribution in [-0.4, -0.2) is 35.1 Å². The van der Waals surface area contributed by atoms with Gasteiger partial charge in [0.1, 0.15) is 0 Å². The molecule has 1 fully saturated rings. The molecule has 1 N–H and O–H groups in total. The lowest BCUT2D eigenvalue weighted by Crippen LogP contribution is -2.39. The highest BCUT2D eigenvalue weighted by molar-refractivity contribution is 5.04. The summed E-state index contributed by atoms with van der Waals surface area (Å²) >= 11 is 0. The molecule has 102 valence electrons. The highest BCUT2D eigenvalue weighted by Crippen LogP contribution is 2.26. The maximum atomic E-state index is 5.69. The van der Waals surface area contributed by atoms with Gasteiger partial charge in [-0.3, -0.25) is 4.68 Å². The monoisotopic (exact) mass is 251 g/mol. The fourth-order valence-electron chi connectivity index (χ4n) is 2.93. The molecule has 0 amide bonds.